The van der Waals surface area contributed by atoms with Gasteiger partial charge in [-0.3, -0.25) is 10.1 Å². The molecule has 0 atom stereocenters. The number of halogens is 2. The zero-order valence-corrected chi connectivity index (χ0v) is 13.7. The van der Waals surface area contributed by atoms with Gasteiger partial charge in [0.1, 0.15) is 18.0 Å². The Morgan fingerprint density at radius 3 is 2.76 bits per heavy atom. The monoisotopic (exact) mass is 363 g/mol. The Balaban J connectivity index is 2.02. The van der Waals surface area contributed by atoms with E-state index in [0.717, 1.165) is 23.8 Å². The van der Waals surface area contributed by atoms with Gasteiger partial charge >= 0.3 is 11.3 Å². The second kappa shape index (κ2) is 6.52. The molecule has 0 amide bonds. The van der Waals surface area contributed by atoms with Crippen molar-refractivity contribution in [3.8, 4) is 5.75 Å². The summed E-state index contributed by atoms with van der Waals surface area (Å²) in [6.07, 6.45) is 0. The van der Waals surface area contributed by atoms with Crippen LogP contribution < -0.4 is 10.4 Å². The van der Waals surface area contributed by atoms with E-state index >= 15 is 0 Å². The number of benzene rings is 2. The van der Waals surface area contributed by atoms with Crippen LogP contribution in [0.15, 0.2) is 45.6 Å². The summed E-state index contributed by atoms with van der Waals surface area (Å²) in [4.78, 5) is 22.1. The predicted octanol–water partition coefficient (Wildman–Crippen LogP) is 4.38. The summed E-state index contributed by atoms with van der Waals surface area (Å²) in [5.41, 5.74) is 0.508. The second-order valence-corrected chi connectivity index (χ2v) is 5.75. The highest BCUT2D eigenvalue weighted by molar-refractivity contribution is 6.32. The number of aryl methyl sites for hydroxylation is 1. The smallest absolute Gasteiger partial charge is 0.336 e. The van der Waals surface area contributed by atoms with E-state index in [1.807, 2.05) is 0 Å². The molecule has 0 bridgehead atoms. The van der Waals surface area contributed by atoms with Gasteiger partial charge in [-0.15, -0.1) is 0 Å². The van der Waals surface area contributed by atoms with Crippen LogP contribution in [0.2, 0.25) is 5.02 Å². The molecule has 0 aliphatic heterocycles. The third kappa shape index (κ3) is 3.46. The van der Waals surface area contributed by atoms with E-state index in [1.165, 1.54) is 6.07 Å². The number of fused-ring (bicyclic) bond motifs is 1. The van der Waals surface area contributed by atoms with E-state index in [0.29, 0.717) is 21.6 Å². The molecule has 6 nitrogen and oxygen atoms in total. The first-order valence-electron chi connectivity index (χ1n) is 7.15. The lowest BCUT2D eigenvalue weighted by atomic mass is 10.1. The average molecular weight is 364 g/mol. The van der Waals surface area contributed by atoms with Crippen molar-refractivity contribution in [2.45, 2.75) is 13.5 Å². The van der Waals surface area contributed by atoms with Gasteiger partial charge in [-0.25, -0.2) is 9.18 Å². The second-order valence-electron chi connectivity index (χ2n) is 5.35. The quantitative estimate of drug-likeness (QED) is 0.390. The molecular weight excluding hydrogens is 353 g/mol. The van der Waals surface area contributed by atoms with Gasteiger partial charge in [0.05, 0.1) is 4.92 Å². The lowest BCUT2D eigenvalue weighted by Crippen LogP contribution is -2.05. The zero-order valence-electron chi connectivity index (χ0n) is 12.9. The summed E-state index contributed by atoms with van der Waals surface area (Å²) in [6, 6.07) is 7.35. The fourth-order valence-corrected chi connectivity index (χ4v) is 2.54. The molecule has 0 spiro atoms. The first-order valence-corrected chi connectivity index (χ1v) is 7.52. The van der Waals surface area contributed by atoms with E-state index in [-0.39, 0.29) is 18.0 Å². The van der Waals surface area contributed by atoms with Crippen molar-refractivity contribution in [3.05, 3.63) is 78.9 Å². The average Bonchev–Trinajstić information content (AvgIpc) is 2.54. The van der Waals surface area contributed by atoms with E-state index < -0.39 is 16.4 Å². The Bertz CT molecular complexity index is 1050. The largest absolute Gasteiger partial charge is 0.482 e. The van der Waals surface area contributed by atoms with Crippen molar-refractivity contribution in [1.29, 1.82) is 0 Å². The maximum atomic E-state index is 13.4. The number of nitrogens with zero attached hydrogens (tertiary/aromatic N) is 1. The van der Waals surface area contributed by atoms with Crippen LogP contribution in [-0.2, 0) is 6.61 Å². The normalized spacial score (nSPS) is 10.8. The third-order valence-corrected chi connectivity index (χ3v) is 4.02. The SMILES string of the molecule is Cc1cc2oc(=O)cc(COc3cc(F)ccc3[N+](=O)[O-])c2cc1Cl. The van der Waals surface area contributed by atoms with Crippen LogP contribution in [0.5, 0.6) is 5.75 Å². The number of hydrogen-bond acceptors (Lipinski definition) is 5. The van der Waals surface area contributed by atoms with Crippen LogP contribution in [0.25, 0.3) is 11.0 Å². The minimum Gasteiger partial charge on any atom is -0.482 e. The van der Waals surface area contributed by atoms with Crippen LogP contribution in [0.3, 0.4) is 0 Å². The summed E-state index contributed by atoms with van der Waals surface area (Å²) < 4.78 is 23.9. The molecule has 3 rings (SSSR count). The molecule has 0 aliphatic carbocycles. The van der Waals surface area contributed by atoms with E-state index in [1.54, 1.807) is 19.1 Å². The molecule has 8 heteroatoms. The van der Waals surface area contributed by atoms with Gasteiger partial charge in [-0.05, 0) is 30.7 Å². The Morgan fingerprint density at radius 1 is 1.28 bits per heavy atom. The minimum absolute atomic E-state index is 0.189. The molecule has 0 radical (unpaired) electrons. The molecule has 0 N–H and O–H groups in total. The maximum Gasteiger partial charge on any atom is 0.336 e. The van der Waals surface area contributed by atoms with Gasteiger partial charge in [0.2, 0.25) is 0 Å². The highest BCUT2D eigenvalue weighted by atomic mass is 35.5. The molecule has 1 aromatic heterocycles. The number of nitro groups is 1. The molecule has 25 heavy (non-hydrogen) atoms. The Morgan fingerprint density at radius 2 is 2.04 bits per heavy atom. The standard InChI is InChI=1S/C17H11ClFNO5/c1-9-4-15-12(7-13(9)18)10(5-17(21)25-15)8-24-16-6-11(19)2-3-14(16)20(22)23/h2-7H,8H2,1H3. The highest BCUT2D eigenvalue weighted by Gasteiger charge is 2.17. The van der Waals surface area contributed by atoms with Gasteiger partial charge in [0, 0.05) is 34.2 Å². The van der Waals surface area contributed by atoms with Crippen molar-refractivity contribution in [2.75, 3.05) is 0 Å². The maximum absolute atomic E-state index is 13.4. The fraction of sp³-hybridized carbons (Fsp3) is 0.118. The van der Waals surface area contributed by atoms with Crippen LogP contribution in [-0.4, -0.2) is 4.92 Å². The molecule has 0 fully saturated rings. The van der Waals surface area contributed by atoms with Gasteiger partial charge < -0.3 is 9.15 Å². The molecule has 3 aromatic rings. The molecule has 128 valence electrons. The summed E-state index contributed by atoms with van der Waals surface area (Å²) in [5, 5.41) is 12.0. The van der Waals surface area contributed by atoms with Crippen LogP contribution in [0, 0.1) is 22.9 Å². The Kier molecular flexibility index (Phi) is 4.41. The highest BCUT2D eigenvalue weighted by Crippen LogP contribution is 2.30. The van der Waals surface area contributed by atoms with Crippen LogP contribution in [0.4, 0.5) is 10.1 Å². The number of nitro benzene ring substituents is 1. The van der Waals surface area contributed by atoms with Crippen molar-refractivity contribution in [2.24, 2.45) is 0 Å². The fourth-order valence-electron chi connectivity index (χ4n) is 2.38. The number of ether oxygens (including phenoxy) is 1. The summed E-state index contributed by atoms with van der Waals surface area (Å²) in [5.74, 6) is -0.902. The Hall–Kier alpha value is -2.93. The van der Waals surface area contributed by atoms with Crippen molar-refractivity contribution >= 4 is 28.3 Å². The summed E-state index contributed by atoms with van der Waals surface area (Å²) in [7, 11) is 0. The number of hydrogen-bond donors (Lipinski definition) is 0. The van der Waals surface area contributed by atoms with E-state index in [4.69, 9.17) is 20.8 Å². The zero-order chi connectivity index (χ0) is 18.1. The first kappa shape index (κ1) is 16.9. The molecule has 0 saturated heterocycles. The topological polar surface area (TPSA) is 82.6 Å². The minimum atomic E-state index is -0.674. The lowest BCUT2D eigenvalue weighted by molar-refractivity contribution is -0.386. The molecule has 0 saturated carbocycles. The van der Waals surface area contributed by atoms with E-state index in [9.17, 15) is 19.3 Å². The molecule has 0 unspecified atom stereocenters. The van der Waals surface area contributed by atoms with Gasteiger partial charge in [-0.2, -0.15) is 0 Å². The van der Waals surface area contributed by atoms with E-state index in [2.05, 4.69) is 0 Å². The van der Waals surface area contributed by atoms with Gasteiger partial charge in [-0.1, -0.05) is 11.6 Å². The summed E-state index contributed by atoms with van der Waals surface area (Å²) >= 11 is 6.10. The van der Waals surface area contributed by atoms with Crippen molar-refractivity contribution in [3.63, 3.8) is 0 Å². The van der Waals surface area contributed by atoms with Gasteiger partial charge in [0.25, 0.3) is 0 Å². The lowest BCUT2D eigenvalue weighted by Gasteiger charge is -2.10. The van der Waals surface area contributed by atoms with Gasteiger partial charge in [0.15, 0.2) is 5.75 Å². The third-order valence-electron chi connectivity index (χ3n) is 3.61. The molecule has 2 aromatic carbocycles. The number of rotatable bonds is 4. The molecule has 1 heterocycles. The first-order chi connectivity index (χ1) is 11.8. The molecular formula is C17H11ClFNO5. The summed E-state index contributed by atoms with van der Waals surface area (Å²) in [6.45, 7) is 1.58. The van der Waals surface area contributed by atoms with Crippen molar-refractivity contribution in [1.82, 2.24) is 0 Å². The van der Waals surface area contributed by atoms with Crippen LogP contribution >= 0.6 is 11.6 Å². The van der Waals surface area contributed by atoms with Crippen LogP contribution in [0.1, 0.15) is 11.1 Å². The molecule has 0 aliphatic rings. The van der Waals surface area contributed by atoms with Crippen molar-refractivity contribution < 1.29 is 18.5 Å². The predicted molar refractivity (Wildman–Crippen MR) is 89.6 cm³/mol. The Labute approximate surface area is 145 Å².